The zero-order chi connectivity index (χ0) is 17.7. The first-order valence-electron chi connectivity index (χ1n) is 7.47. The summed E-state index contributed by atoms with van der Waals surface area (Å²) in [7, 11) is 3.76. The van der Waals surface area contributed by atoms with Crippen molar-refractivity contribution in [1.82, 2.24) is 9.55 Å². The summed E-state index contributed by atoms with van der Waals surface area (Å²) >= 11 is 7.23. The van der Waals surface area contributed by atoms with E-state index < -0.39 is 0 Å². The fourth-order valence-electron chi connectivity index (χ4n) is 2.80. The second-order valence-corrected chi connectivity index (χ2v) is 7.32. The summed E-state index contributed by atoms with van der Waals surface area (Å²) in [6.45, 7) is 0. The van der Waals surface area contributed by atoms with Crippen LogP contribution in [0, 0.1) is 0 Å². The molecule has 0 fully saturated rings. The average Bonchev–Trinajstić information content (AvgIpc) is 2.94. The van der Waals surface area contributed by atoms with Crippen molar-refractivity contribution >= 4 is 48.9 Å². The molecule has 25 heavy (non-hydrogen) atoms. The molecule has 1 aromatic carbocycles. The zero-order valence-corrected chi connectivity index (χ0v) is 15.0. The van der Waals surface area contributed by atoms with Gasteiger partial charge in [-0.3, -0.25) is 14.6 Å². The van der Waals surface area contributed by atoms with Gasteiger partial charge in [-0.25, -0.2) is 4.98 Å². The van der Waals surface area contributed by atoms with E-state index in [1.54, 1.807) is 36.7 Å². The first-order chi connectivity index (χ1) is 12.0. The number of pyridine rings is 1. The van der Waals surface area contributed by atoms with Crippen molar-refractivity contribution in [2.45, 2.75) is 0 Å². The van der Waals surface area contributed by atoms with E-state index in [0.29, 0.717) is 20.9 Å². The lowest BCUT2D eigenvalue weighted by Gasteiger charge is -2.11. The number of thiophene rings is 1. The predicted octanol–water partition coefficient (Wildman–Crippen LogP) is 2.84. The second-order valence-electron chi connectivity index (χ2n) is 5.83. The van der Waals surface area contributed by atoms with Gasteiger partial charge in [0.2, 0.25) is 12.4 Å². The van der Waals surface area contributed by atoms with Crippen LogP contribution in [0.5, 0.6) is 0 Å². The van der Waals surface area contributed by atoms with Crippen LogP contribution < -0.4 is 15.2 Å². The van der Waals surface area contributed by atoms with Gasteiger partial charge in [0.15, 0.2) is 0 Å². The van der Waals surface area contributed by atoms with Crippen molar-refractivity contribution in [2.75, 3.05) is 19.0 Å². The summed E-state index contributed by atoms with van der Waals surface area (Å²) in [6, 6.07) is 7.02. The summed E-state index contributed by atoms with van der Waals surface area (Å²) in [4.78, 5) is 19.4. The Labute approximate surface area is 151 Å². The van der Waals surface area contributed by atoms with Crippen LogP contribution in [-0.2, 0) is 0 Å². The topological polar surface area (TPSA) is 62.2 Å². The molecule has 3 aromatic heterocycles. The summed E-state index contributed by atoms with van der Waals surface area (Å²) < 4.78 is 3.84. The number of aromatic nitrogens is 3. The van der Waals surface area contributed by atoms with E-state index in [-0.39, 0.29) is 5.56 Å². The number of hydrogen-bond acceptors (Lipinski definition) is 5. The van der Waals surface area contributed by atoms with Crippen LogP contribution in [0.4, 0.5) is 5.69 Å². The Bertz CT molecular complexity index is 1170. The van der Waals surface area contributed by atoms with Crippen molar-refractivity contribution in [3.8, 4) is 5.69 Å². The number of anilines is 1. The van der Waals surface area contributed by atoms with Crippen LogP contribution >= 0.6 is 22.9 Å². The van der Waals surface area contributed by atoms with Crippen LogP contribution in [-0.4, -0.2) is 28.9 Å². The number of benzene rings is 1. The van der Waals surface area contributed by atoms with Gasteiger partial charge >= 0.3 is 0 Å². The fraction of sp³-hybridized carbons (Fsp3) is 0.118. The smallest absolute Gasteiger partial charge is 0.275 e. The minimum atomic E-state index is -0.150. The number of fused-ring (bicyclic) bond motifs is 3. The van der Waals surface area contributed by atoms with E-state index in [0.717, 1.165) is 20.5 Å². The van der Waals surface area contributed by atoms with Gasteiger partial charge in [0, 0.05) is 23.8 Å². The van der Waals surface area contributed by atoms with Gasteiger partial charge in [-0.2, -0.15) is 0 Å². The highest BCUT2D eigenvalue weighted by Crippen LogP contribution is 2.35. The SMILES string of the molecule is CN(C)c1c[n+](O)cc2sc3c(=O)n(-c4ccc(Cl)cc4)cnc3c12. The summed E-state index contributed by atoms with van der Waals surface area (Å²) in [6.07, 6.45) is 4.71. The normalized spacial score (nSPS) is 11.3. The maximum atomic E-state index is 13.0. The minimum absolute atomic E-state index is 0.150. The predicted molar refractivity (Wildman–Crippen MR) is 99.4 cm³/mol. The quantitative estimate of drug-likeness (QED) is 0.433. The number of halogens is 1. The first-order valence-corrected chi connectivity index (χ1v) is 8.67. The van der Waals surface area contributed by atoms with E-state index in [9.17, 15) is 10.0 Å². The van der Waals surface area contributed by atoms with Crippen molar-refractivity contribution in [2.24, 2.45) is 0 Å². The summed E-state index contributed by atoms with van der Waals surface area (Å²) in [5, 5.41) is 11.4. The first kappa shape index (κ1) is 15.9. The standard InChI is InChI=1S/C17H14ClN4O2S/c1-20(2)12-7-21(24)8-13-14(12)15-16(25-13)17(23)22(9-19-15)11-5-3-10(18)4-6-11/h3-9,24H,1-2H3/q+1. The monoisotopic (exact) mass is 373 g/mol. The van der Waals surface area contributed by atoms with Crippen LogP contribution in [0.15, 0.2) is 47.8 Å². The van der Waals surface area contributed by atoms with Crippen molar-refractivity contribution < 1.29 is 9.94 Å². The van der Waals surface area contributed by atoms with E-state index in [1.807, 2.05) is 19.0 Å². The maximum absolute atomic E-state index is 13.0. The molecule has 0 amide bonds. The van der Waals surface area contributed by atoms with Crippen LogP contribution in [0.1, 0.15) is 0 Å². The second kappa shape index (κ2) is 5.72. The number of hydrogen-bond donors (Lipinski definition) is 1. The lowest BCUT2D eigenvalue weighted by atomic mass is 10.2. The van der Waals surface area contributed by atoms with E-state index in [1.165, 1.54) is 22.2 Å². The van der Waals surface area contributed by atoms with Gasteiger partial charge in [-0.1, -0.05) is 11.6 Å². The Morgan fingerprint density at radius 2 is 1.96 bits per heavy atom. The Hall–Kier alpha value is -2.64. The molecule has 0 saturated heterocycles. The molecule has 0 unspecified atom stereocenters. The Morgan fingerprint density at radius 1 is 1.24 bits per heavy atom. The van der Waals surface area contributed by atoms with Crippen LogP contribution in [0.3, 0.4) is 0 Å². The Morgan fingerprint density at radius 3 is 2.64 bits per heavy atom. The maximum Gasteiger partial charge on any atom is 0.275 e. The molecule has 8 heteroatoms. The zero-order valence-electron chi connectivity index (χ0n) is 13.5. The molecule has 1 N–H and O–H groups in total. The number of rotatable bonds is 2. The van der Waals surface area contributed by atoms with Gasteiger partial charge in [0.1, 0.15) is 21.4 Å². The average molecular weight is 374 g/mol. The van der Waals surface area contributed by atoms with Gasteiger partial charge < -0.3 is 4.90 Å². The van der Waals surface area contributed by atoms with Crippen LogP contribution in [0.2, 0.25) is 5.02 Å². The molecular weight excluding hydrogens is 360 g/mol. The Kier molecular flexibility index (Phi) is 3.63. The van der Waals surface area contributed by atoms with Gasteiger partial charge in [0.25, 0.3) is 5.56 Å². The molecule has 0 aliphatic heterocycles. The third-order valence-corrected chi connectivity index (χ3v) is 5.33. The lowest BCUT2D eigenvalue weighted by molar-refractivity contribution is -0.903. The van der Waals surface area contributed by atoms with E-state index in [2.05, 4.69) is 4.98 Å². The van der Waals surface area contributed by atoms with Crippen molar-refractivity contribution in [1.29, 1.82) is 0 Å². The largest absolute Gasteiger partial charge is 0.372 e. The molecule has 0 radical (unpaired) electrons. The molecule has 3 heterocycles. The highest BCUT2D eigenvalue weighted by molar-refractivity contribution is 7.25. The molecule has 0 spiro atoms. The highest BCUT2D eigenvalue weighted by atomic mass is 35.5. The molecule has 126 valence electrons. The fourth-order valence-corrected chi connectivity index (χ4v) is 4.04. The molecule has 0 aliphatic rings. The highest BCUT2D eigenvalue weighted by Gasteiger charge is 2.20. The van der Waals surface area contributed by atoms with Gasteiger partial charge in [-0.15, -0.1) is 11.3 Å². The summed E-state index contributed by atoms with van der Waals surface area (Å²) in [5.74, 6) is 0. The van der Waals surface area contributed by atoms with Gasteiger partial charge in [-0.05, 0) is 24.3 Å². The van der Waals surface area contributed by atoms with E-state index >= 15 is 0 Å². The van der Waals surface area contributed by atoms with Crippen LogP contribution in [0.25, 0.3) is 26.0 Å². The third kappa shape index (κ3) is 2.52. The third-order valence-electron chi connectivity index (χ3n) is 3.97. The lowest BCUT2D eigenvalue weighted by Crippen LogP contribution is -2.30. The van der Waals surface area contributed by atoms with Crippen molar-refractivity contribution in [3.05, 3.63) is 58.4 Å². The molecule has 0 saturated carbocycles. The number of nitrogens with zero attached hydrogens (tertiary/aromatic N) is 4. The minimum Gasteiger partial charge on any atom is -0.372 e. The Balaban J connectivity index is 2.05. The summed E-state index contributed by atoms with van der Waals surface area (Å²) in [5.41, 5.74) is 1.98. The van der Waals surface area contributed by atoms with E-state index in [4.69, 9.17) is 11.6 Å². The molecular formula is C17H14ClN4O2S+. The molecule has 4 aromatic rings. The molecule has 0 bridgehead atoms. The molecule has 6 nitrogen and oxygen atoms in total. The molecule has 0 aliphatic carbocycles. The molecule has 4 rings (SSSR count). The molecule has 0 atom stereocenters. The van der Waals surface area contributed by atoms with Gasteiger partial charge in [0.05, 0.1) is 16.6 Å². The van der Waals surface area contributed by atoms with Crippen molar-refractivity contribution in [3.63, 3.8) is 0 Å².